The summed E-state index contributed by atoms with van der Waals surface area (Å²) in [5, 5.41) is 2.91. The second-order valence-electron chi connectivity index (χ2n) is 7.05. The van der Waals surface area contributed by atoms with Gasteiger partial charge in [0.05, 0.1) is 10.6 Å². The van der Waals surface area contributed by atoms with Gasteiger partial charge < -0.3 is 9.80 Å². The molecule has 3 heterocycles. The van der Waals surface area contributed by atoms with Gasteiger partial charge in [-0.05, 0) is 42.5 Å². The van der Waals surface area contributed by atoms with Crippen molar-refractivity contribution in [1.82, 2.24) is 14.8 Å². The van der Waals surface area contributed by atoms with Gasteiger partial charge in [-0.1, -0.05) is 25.1 Å². The van der Waals surface area contributed by atoms with Crippen molar-refractivity contribution in [3.05, 3.63) is 63.5 Å². The van der Waals surface area contributed by atoms with Gasteiger partial charge in [0.2, 0.25) is 0 Å². The zero-order valence-electron chi connectivity index (χ0n) is 16.6. The third-order valence-corrected chi connectivity index (χ3v) is 7.37. The lowest BCUT2D eigenvalue weighted by atomic mass is 10.1. The maximum Gasteiger partial charge on any atom is 0.265 e. The first-order valence-corrected chi connectivity index (χ1v) is 11.4. The van der Waals surface area contributed by atoms with E-state index in [2.05, 4.69) is 11.9 Å². The van der Waals surface area contributed by atoms with Gasteiger partial charge in [-0.25, -0.2) is 4.98 Å². The number of amides is 2. The number of aryl methyl sites for hydroxylation is 2. The fourth-order valence-electron chi connectivity index (χ4n) is 3.42. The van der Waals surface area contributed by atoms with E-state index in [1.165, 1.54) is 16.9 Å². The number of hydrogen-bond donors (Lipinski definition) is 0. The van der Waals surface area contributed by atoms with Crippen molar-refractivity contribution in [1.29, 1.82) is 0 Å². The van der Waals surface area contributed by atoms with Crippen molar-refractivity contribution < 1.29 is 9.59 Å². The number of carbonyl (C=O) groups excluding carboxylic acids is 2. The lowest BCUT2D eigenvalue weighted by molar-refractivity contribution is 0.0537. The molecule has 1 aliphatic heterocycles. The topological polar surface area (TPSA) is 53.5 Å². The number of thiophene rings is 1. The standard InChI is InChI=1S/C22H23N3O2S2/c1-3-16-6-8-17(9-7-16)21(26)24-10-12-25(13-11-24)22(27)19-15(2)23-20(29-19)18-5-4-14-28-18/h4-9,14H,3,10-13H2,1-2H3. The largest absolute Gasteiger partial charge is 0.335 e. The maximum atomic E-state index is 13.0. The van der Waals surface area contributed by atoms with Crippen LogP contribution in [-0.4, -0.2) is 52.8 Å². The van der Waals surface area contributed by atoms with E-state index in [4.69, 9.17) is 0 Å². The Balaban J connectivity index is 1.40. The SMILES string of the molecule is CCc1ccc(C(=O)N2CCN(C(=O)c3sc(-c4cccs4)nc3C)CC2)cc1. The summed E-state index contributed by atoms with van der Waals surface area (Å²) in [5.41, 5.74) is 2.71. The fraction of sp³-hybridized carbons (Fsp3) is 0.318. The first-order valence-electron chi connectivity index (χ1n) is 9.75. The smallest absolute Gasteiger partial charge is 0.265 e. The summed E-state index contributed by atoms with van der Waals surface area (Å²) < 4.78 is 0. The van der Waals surface area contributed by atoms with E-state index in [0.29, 0.717) is 36.6 Å². The molecular formula is C22H23N3O2S2. The highest BCUT2D eigenvalue weighted by Gasteiger charge is 2.28. The molecule has 0 saturated carbocycles. The molecule has 0 atom stereocenters. The predicted octanol–water partition coefficient (Wildman–Crippen LogP) is 4.34. The normalized spacial score (nSPS) is 14.3. The highest BCUT2D eigenvalue weighted by atomic mass is 32.1. The van der Waals surface area contributed by atoms with Gasteiger partial charge in [-0.2, -0.15) is 0 Å². The second-order valence-corrected chi connectivity index (χ2v) is 8.99. The second kappa shape index (κ2) is 8.47. The Morgan fingerprint density at radius 3 is 2.24 bits per heavy atom. The minimum Gasteiger partial charge on any atom is -0.335 e. The van der Waals surface area contributed by atoms with Crippen LogP contribution in [0, 0.1) is 6.92 Å². The summed E-state index contributed by atoms with van der Waals surface area (Å²) in [6.07, 6.45) is 0.959. The molecule has 1 aromatic carbocycles. The molecule has 0 bridgehead atoms. The Bertz CT molecular complexity index is 1000. The molecule has 29 heavy (non-hydrogen) atoms. The van der Waals surface area contributed by atoms with E-state index in [1.807, 2.05) is 58.5 Å². The first-order chi connectivity index (χ1) is 14.1. The van der Waals surface area contributed by atoms with Gasteiger partial charge in [-0.3, -0.25) is 9.59 Å². The van der Waals surface area contributed by atoms with E-state index in [-0.39, 0.29) is 11.8 Å². The molecule has 1 aliphatic rings. The molecule has 3 aromatic rings. The summed E-state index contributed by atoms with van der Waals surface area (Å²) in [7, 11) is 0. The quantitative estimate of drug-likeness (QED) is 0.625. The predicted molar refractivity (Wildman–Crippen MR) is 118 cm³/mol. The van der Waals surface area contributed by atoms with Crippen LogP contribution in [0.25, 0.3) is 9.88 Å². The van der Waals surface area contributed by atoms with Crippen LogP contribution in [0.3, 0.4) is 0 Å². The number of piperazine rings is 1. The summed E-state index contributed by atoms with van der Waals surface area (Å²) in [6.45, 7) is 6.18. The minimum absolute atomic E-state index is 0.0159. The van der Waals surface area contributed by atoms with E-state index >= 15 is 0 Å². The Kier molecular flexibility index (Phi) is 5.78. The fourth-order valence-corrected chi connectivity index (χ4v) is 5.25. The van der Waals surface area contributed by atoms with Crippen LogP contribution >= 0.6 is 22.7 Å². The number of rotatable bonds is 4. The Morgan fingerprint density at radius 2 is 1.66 bits per heavy atom. The molecule has 1 fully saturated rings. The minimum atomic E-state index is 0.0159. The highest BCUT2D eigenvalue weighted by molar-refractivity contribution is 7.22. The molecule has 7 heteroatoms. The van der Waals surface area contributed by atoms with Crippen molar-refractivity contribution >= 4 is 34.5 Å². The zero-order valence-corrected chi connectivity index (χ0v) is 18.2. The van der Waals surface area contributed by atoms with Gasteiger partial charge in [0.15, 0.2) is 0 Å². The van der Waals surface area contributed by atoms with Crippen LogP contribution in [0.15, 0.2) is 41.8 Å². The lowest BCUT2D eigenvalue weighted by Gasteiger charge is -2.34. The van der Waals surface area contributed by atoms with Crippen molar-refractivity contribution in [2.75, 3.05) is 26.2 Å². The average molecular weight is 426 g/mol. The van der Waals surface area contributed by atoms with E-state index < -0.39 is 0 Å². The summed E-state index contributed by atoms with van der Waals surface area (Å²) in [4.78, 5) is 35.8. The van der Waals surface area contributed by atoms with Crippen molar-refractivity contribution in [2.24, 2.45) is 0 Å². The van der Waals surface area contributed by atoms with Crippen molar-refractivity contribution in [3.63, 3.8) is 0 Å². The van der Waals surface area contributed by atoms with Crippen LogP contribution in [0.2, 0.25) is 0 Å². The molecule has 150 valence electrons. The number of nitrogens with zero attached hydrogens (tertiary/aromatic N) is 3. The number of thiazole rings is 1. The van der Waals surface area contributed by atoms with Crippen LogP contribution in [-0.2, 0) is 6.42 Å². The molecule has 0 radical (unpaired) electrons. The molecular weight excluding hydrogens is 402 g/mol. The van der Waals surface area contributed by atoms with Gasteiger partial charge in [0.25, 0.3) is 11.8 Å². The van der Waals surface area contributed by atoms with Gasteiger partial charge >= 0.3 is 0 Å². The number of hydrogen-bond acceptors (Lipinski definition) is 5. The molecule has 0 spiro atoms. The zero-order chi connectivity index (χ0) is 20.4. The van der Waals surface area contributed by atoms with Crippen molar-refractivity contribution in [3.8, 4) is 9.88 Å². The molecule has 0 N–H and O–H groups in total. The summed E-state index contributed by atoms with van der Waals surface area (Å²) >= 11 is 3.08. The van der Waals surface area contributed by atoms with E-state index in [1.54, 1.807) is 11.3 Å². The molecule has 2 amide bonds. The molecule has 0 aliphatic carbocycles. The molecule has 2 aromatic heterocycles. The third-order valence-electron chi connectivity index (χ3n) is 5.19. The van der Waals surface area contributed by atoms with Gasteiger partial charge in [-0.15, -0.1) is 22.7 Å². The third kappa shape index (κ3) is 4.11. The van der Waals surface area contributed by atoms with Gasteiger partial charge in [0, 0.05) is 31.7 Å². The first kappa shape index (κ1) is 19.8. The highest BCUT2D eigenvalue weighted by Crippen LogP contribution is 2.31. The Morgan fingerprint density at radius 1 is 1.00 bits per heavy atom. The summed E-state index contributed by atoms with van der Waals surface area (Å²) in [5.74, 6) is 0.0518. The molecule has 1 saturated heterocycles. The molecule has 4 rings (SSSR count). The van der Waals surface area contributed by atoms with E-state index in [9.17, 15) is 9.59 Å². The molecule has 0 unspecified atom stereocenters. The van der Waals surface area contributed by atoms with Gasteiger partial charge in [0.1, 0.15) is 9.88 Å². The van der Waals surface area contributed by atoms with E-state index in [0.717, 1.165) is 22.0 Å². The lowest BCUT2D eigenvalue weighted by Crippen LogP contribution is -2.50. The average Bonchev–Trinajstić information content (AvgIpc) is 3.43. The number of carbonyl (C=O) groups is 2. The Hall–Kier alpha value is -2.51. The van der Waals surface area contributed by atoms with Crippen LogP contribution in [0.1, 0.15) is 38.2 Å². The monoisotopic (exact) mass is 425 g/mol. The maximum absolute atomic E-state index is 13.0. The number of aromatic nitrogens is 1. The Labute approximate surface area is 178 Å². The molecule has 5 nitrogen and oxygen atoms in total. The van der Waals surface area contributed by atoms with Crippen LogP contribution in [0.5, 0.6) is 0 Å². The number of benzene rings is 1. The van der Waals surface area contributed by atoms with Crippen molar-refractivity contribution in [2.45, 2.75) is 20.3 Å². The summed E-state index contributed by atoms with van der Waals surface area (Å²) in [6, 6.07) is 11.8. The van der Waals surface area contributed by atoms with Crippen LogP contribution < -0.4 is 0 Å². The van der Waals surface area contributed by atoms with Crippen LogP contribution in [0.4, 0.5) is 0 Å².